The molecule has 0 spiro atoms. The Morgan fingerprint density at radius 1 is 1.32 bits per heavy atom. The fourth-order valence-corrected chi connectivity index (χ4v) is 1.99. The van der Waals surface area contributed by atoms with Crippen molar-refractivity contribution >= 4 is 29.9 Å². The number of aryl methyl sites for hydroxylation is 1. The van der Waals surface area contributed by atoms with Gasteiger partial charge in [-0.1, -0.05) is 12.1 Å². The number of rotatable bonds is 5. The first-order valence-electron chi connectivity index (χ1n) is 6.85. The smallest absolute Gasteiger partial charge is 0.191 e. The predicted molar refractivity (Wildman–Crippen MR) is 96.9 cm³/mol. The van der Waals surface area contributed by atoms with E-state index < -0.39 is 0 Å². The maximum Gasteiger partial charge on any atom is 0.191 e. The van der Waals surface area contributed by atoms with Gasteiger partial charge in [0, 0.05) is 26.8 Å². The molecular formula is C15H21FIN5. The molecule has 2 rings (SSSR count). The maximum atomic E-state index is 13.1. The first kappa shape index (κ1) is 18.4. The number of halogens is 2. The minimum Gasteiger partial charge on any atom is -0.356 e. The average molecular weight is 417 g/mol. The summed E-state index contributed by atoms with van der Waals surface area (Å²) in [4.78, 5) is 4.16. The first-order valence-corrected chi connectivity index (χ1v) is 6.85. The molecule has 0 amide bonds. The molecular weight excluding hydrogens is 396 g/mol. The van der Waals surface area contributed by atoms with Crippen LogP contribution in [0.5, 0.6) is 0 Å². The largest absolute Gasteiger partial charge is 0.356 e. The molecule has 0 aliphatic heterocycles. The summed E-state index contributed by atoms with van der Waals surface area (Å²) in [6, 6.07) is 8.59. The van der Waals surface area contributed by atoms with Gasteiger partial charge < -0.3 is 10.6 Å². The maximum absolute atomic E-state index is 13.1. The van der Waals surface area contributed by atoms with Crippen LogP contribution < -0.4 is 10.6 Å². The average Bonchev–Trinajstić information content (AvgIpc) is 2.88. The molecule has 0 unspecified atom stereocenters. The lowest BCUT2D eigenvalue weighted by molar-refractivity contribution is 0.625. The summed E-state index contributed by atoms with van der Waals surface area (Å²) in [5, 5.41) is 10.5. The van der Waals surface area contributed by atoms with Gasteiger partial charge in [0.15, 0.2) is 5.96 Å². The van der Waals surface area contributed by atoms with Crippen LogP contribution in [-0.4, -0.2) is 29.3 Å². The molecule has 2 N–H and O–H groups in total. The van der Waals surface area contributed by atoms with E-state index in [4.69, 9.17) is 0 Å². The summed E-state index contributed by atoms with van der Waals surface area (Å²) in [6.45, 7) is 1.34. The highest BCUT2D eigenvalue weighted by atomic mass is 127. The summed E-state index contributed by atoms with van der Waals surface area (Å²) < 4.78 is 14.9. The van der Waals surface area contributed by atoms with Crippen molar-refractivity contribution in [3.8, 4) is 0 Å². The molecule has 0 fully saturated rings. The van der Waals surface area contributed by atoms with Crippen LogP contribution in [0.4, 0.5) is 4.39 Å². The van der Waals surface area contributed by atoms with Crippen LogP contribution >= 0.6 is 24.0 Å². The molecule has 5 nitrogen and oxygen atoms in total. The van der Waals surface area contributed by atoms with Crippen LogP contribution in [0.2, 0.25) is 0 Å². The molecule has 0 atom stereocenters. The van der Waals surface area contributed by atoms with Crippen molar-refractivity contribution < 1.29 is 4.39 Å². The van der Waals surface area contributed by atoms with E-state index in [2.05, 4.69) is 20.7 Å². The quantitative estimate of drug-likeness (QED) is 0.445. The lowest BCUT2D eigenvalue weighted by Gasteiger charge is -2.12. The zero-order valence-electron chi connectivity index (χ0n) is 12.7. The molecule has 2 aromatic rings. The van der Waals surface area contributed by atoms with Gasteiger partial charge in [-0.05, 0) is 30.2 Å². The molecule has 0 saturated carbocycles. The summed E-state index contributed by atoms with van der Waals surface area (Å²) in [5.74, 6) is 0.513. The van der Waals surface area contributed by atoms with Crippen LogP contribution in [-0.2, 0) is 20.0 Å². The fourth-order valence-electron chi connectivity index (χ4n) is 1.99. The van der Waals surface area contributed by atoms with Crippen LogP contribution in [0.3, 0.4) is 0 Å². The van der Waals surface area contributed by atoms with Crippen molar-refractivity contribution in [1.82, 2.24) is 20.4 Å². The Kier molecular flexibility index (Phi) is 7.86. The topological polar surface area (TPSA) is 54.2 Å². The number of nitrogens with zero attached hydrogens (tertiary/aromatic N) is 3. The Morgan fingerprint density at radius 2 is 2.14 bits per heavy atom. The van der Waals surface area contributed by atoms with Crippen molar-refractivity contribution in [2.24, 2.45) is 12.0 Å². The summed E-state index contributed by atoms with van der Waals surface area (Å²) >= 11 is 0. The highest BCUT2D eigenvalue weighted by molar-refractivity contribution is 14.0. The Bertz CT molecular complexity index is 611. The second kappa shape index (κ2) is 9.39. The van der Waals surface area contributed by atoms with E-state index in [1.54, 1.807) is 25.4 Å². The van der Waals surface area contributed by atoms with Gasteiger partial charge in [0.1, 0.15) is 5.82 Å². The number of benzene rings is 1. The van der Waals surface area contributed by atoms with Gasteiger partial charge in [-0.15, -0.1) is 24.0 Å². The fraction of sp³-hybridized carbons (Fsp3) is 0.333. The standard InChI is InChI=1S/C15H20FN5.HI/c1-17-15(19-11-14-7-9-20-21(14)2)18-8-6-12-4-3-5-13(16)10-12;/h3-5,7,9-10H,6,8,11H2,1-2H3,(H2,17,18,19);1H. The third-order valence-corrected chi connectivity index (χ3v) is 3.18. The van der Waals surface area contributed by atoms with Crippen LogP contribution in [0, 0.1) is 5.82 Å². The lowest BCUT2D eigenvalue weighted by Crippen LogP contribution is -2.38. The number of aliphatic imine (C=N–C) groups is 1. The molecule has 1 aromatic heterocycles. The van der Waals surface area contributed by atoms with Gasteiger partial charge >= 0.3 is 0 Å². The highest BCUT2D eigenvalue weighted by Crippen LogP contribution is 2.03. The minimum absolute atomic E-state index is 0. The van der Waals surface area contributed by atoms with Gasteiger partial charge in [-0.3, -0.25) is 9.67 Å². The Labute approximate surface area is 147 Å². The molecule has 1 heterocycles. The first-order chi connectivity index (χ1) is 10.2. The van der Waals surface area contributed by atoms with Gasteiger partial charge in [0.25, 0.3) is 0 Å². The number of nitrogens with one attached hydrogen (secondary N) is 2. The van der Waals surface area contributed by atoms with E-state index in [-0.39, 0.29) is 29.8 Å². The molecule has 120 valence electrons. The Hall–Kier alpha value is -1.64. The van der Waals surface area contributed by atoms with E-state index in [0.717, 1.165) is 17.7 Å². The van der Waals surface area contributed by atoms with Gasteiger partial charge in [0.2, 0.25) is 0 Å². The predicted octanol–water partition coefficient (Wildman–Crippen LogP) is 2.08. The van der Waals surface area contributed by atoms with E-state index in [9.17, 15) is 4.39 Å². The van der Waals surface area contributed by atoms with Crippen molar-refractivity contribution in [2.75, 3.05) is 13.6 Å². The summed E-state index contributed by atoms with van der Waals surface area (Å²) in [5.41, 5.74) is 2.03. The van der Waals surface area contributed by atoms with Crippen molar-refractivity contribution in [3.05, 3.63) is 53.6 Å². The Morgan fingerprint density at radius 3 is 2.77 bits per heavy atom. The monoisotopic (exact) mass is 417 g/mol. The van der Waals surface area contributed by atoms with E-state index in [1.807, 2.05) is 23.9 Å². The molecule has 7 heteroatoms. The van der Waals surface area contributed by atoms with Crippen molar-refractivity contribution in [1.29, 1.82) is 0 Å². The minimum atomic E-state index is -0.203. The van der Waals surface area contributed by atoms with Gasteiger partial charge in [0.05, 0.1) is 12.2 Å². The Balaban J connectivity index is 0.00000242. The lowest BCUT2D eigenvalue weighted by atomic mass is 10.1. The number of hydrogen-bond acceptors (Lipinski definition) is 2. The van der Waals surface area contributed by atoms with Gasteiger partial charge in [-0.2, -0.15) is 5.10 Å². The second-order valence-electron chi connectivity index (χ2n) is 4.68. The summed E-state index contributed by atoms with van der Waals surface area (Å²) in [7, 11) is 3.62. The third-order valence-electron chi connectivity index (χ3n) is 3.18. The van der Waals surface area contributed by atoms with E-state index in [1.165, 1.54) is 6.07 Å². The van der Waals surface area contributed by atoms with E-state index in [0.29, 0.717) is 19.0 Å². The second-order valence-corrected chi connectivity index (χ2v) is 4.68. The number of guanidine groups is 1. The zero-order valence-corrected chi connectivity index (χ0v) is 15.0. The molecule has 1 aromatic carbocycles. The van der Waals surface area contributed by atoms with Crippen molar-refractivity contribution in [3.63, 3.8) is 0 Å². The molecule has 0 radical (unpaired) electrons. The highest BCUT2D eigenvalue weighted by Gasteiger charge is 2.01. The molecule has 0 saturated heterocycles. The molecule has 0 bridgehead atoms. The van der Waals surface area contributed by atoms with Crippen molar-refractivity contribution in [2.45, 2.75) is 13.0 Å². The SMILES string of the molecule is CN=C(NCCc1cccc(F)c1)NCc1ccnn1C.I. The number of hydrogen-bond donors (Lipinski definition) is 2. The molecule has 22 heavy (non-hydrogen) atoms. The third kappa shape index (κ3) is 5.63. The van der Waals surface area contributed by atoms with Gasteiger partial charge in [-0.25, -0.2) is 4.39 Å². The zero-order chi connectivity index (χ0) is 15.1. The van der Waals surface area contributed by atoms with Crippen LogP contribution in [0.1, 0.15) is 11.3 Å². The summed E-state index contributed by atoms with van der Waals surface area (Å²) in [6.07, 6.45) is 2.50. The number of aromatic nitrogens is 2. The normalized spacial score (nSPS) is 11.0. The molecule has 0 aliphatic carbocycles. The van der Waals surface area contributed by atoms with Crippen LogP contribution in [0.25, 0.3) is 0 Å². The molecule has 0 aliphatic rings. The van der Waals surface area contributed by atoms with Crippen LogP contribution in [0.15, 0.2) is 41.5 Å². The van der Waals surface area contributed by atoms with E-state index >= 15 is 0 Å².